The second-order valence-electron chi connectivity index (χ2n) is 3.42. The molecule has 0 radical (unpaired) electrons. The molecule has 1 aromatic carbocycles. The number of alkyl halides is 3. The fourth-order valence-electron chi connectivity index (χ4n) is 1.69. The van der Waals surface area contributed by atoms with E-state index in [9.17, 15) is 13.2 Å². The minimum Gasteiger partial charge on any atom is -0.200 e. The van der Waals surface area contributed by atoms with E-state index in [4.69, 9.17) is 0 Å². The molecule has 0 amide bonds. The molecule has 1 heterocycles. The number of hydrogen-bond donors (Lipinski definition) is 0. The minimum atomic E-state index is -4.59. The molecule has 2 rings (SSSR count). The largest absolute Gasteiger partial charge is 0.539 e. The standard InChI is InChI=1S/C10H10F3NO/c11-10(12,13)15-14-6-5-8-3-1-2-4-9(8)7-14/h1-4H,5-7H2. The lowest BCUT2D eigenvalue weighted by Gasteiger charge is -2.28. The summed E-state index contributed by atoms with van der Waals surface area (Å²) in [6.45, 7) is 0.464. The van der Waals surface area contributed by atoms with Crippen molar-refractivity contribution in [3.05, 3.63) is 35.4 Å². The fourth-order valence-corrected chi connectivity index (χ4v) is 1.69. The van der Waals surface area contributed by atoms with Crippen molar-refractivity contribution in [2.45, 2.75) is 19.3 Å². The molecular formula is C10H10F3NO. The average Bonchev–Trinajstić information content (AvgIpc) is 2.15. The van der Waals surface area contributed by atoms with E-state index in [1.807, 2.05) is 24.3 Å². The number of halogens is 3. The van der Waals surface area contributed by atoms with Crippen molar-refractivity contribution in [3.63, 3.8) is 0 Å². The first-order valence-electron chi connectivity index (χ1n) is 4.62. The number of rotatable bonds is 1. The molecule has 2 nitrogen and oxygen atoms in total. The lowest BCUT2D eigenvalue weighted by atomic mass is 10.0. The van der Waals surface area contributed by atoms with E-state index >= 15 is 0 Å². The molecule has 0 aromatic heterocycles. The van der Waals surface area contributed by atoms with Gasteiger partial charge < -0.3 is 0 Å². The van der Waals surface area contributed by atoms with Crippen LogP contribution in [-0.2, 0) is 17.8 Å². The maximum absolute atomic E-state index is 12.0. The van der Waals surface area contributed by atoms with Gasteiger partial charge in [0.2, 0.25) is 0 Å². The van der Waals surface area contributed by atoms with Crippen molar-refractivity contribution in [1.82, 2.24) is 5.06 Å². The maximum Gasteiger partial charge on any atom is 0.539 e. The van der Waals surface area contributed by atoms with Crippen molar-refractivity contribution in [1.29, 1.82) is 0 Å². The van der Waals surface area contributed by atoms with Crippen molar-refractivity contribution in [2.75, 3.05) is 6.54 Å². The molecule has 0 aliphatic carbocycles. The summed E-state index contributed by atoms with van der Waals surface area (Å²) < 4.78 is 35.9. The van der Waals surface area contributed by atoms with Crippen LogP contribution in [0.2, 0.25) is 0 Å². The molecule has 15 heavy (non-hydrogen) atoms. The molecule has 1 aromatic rings. The summed E-state index contributed by atoms with van der Waals surface area (Å²) in [5, 5.41) is 0.947. The molecule has 0 saturated carbocycles. The van der Waals surface area contributed by atoms with Gasteiger partial charge in [0.25, 0.3) is 0 Å². The van der Waals surface area contributed by atoms with Crippen LogP contribution in [0.15, 0.2) is 24.3 Å². The Labute approximate surface area is 85.2 Å². The van der Waals surface area contributed by atoms with Crippen LogP contribution in [-0.4, -0.2) is 18.0 Å². The zero-order valence-electron chi connectivity index (χ0n) is 7.92. The second-order valence-corrected chi connectivity index (χ2v) is 3.42. The second kappa shape index (κ2) is 3.83. The number of fused-ring (bicyclic) bond motifs is 1. The molecule has 0 spiro atoms. The highest BCUT2D eigenvalue weighted by atomic mass is 19.4. The molecule has 0 N–H and O–H groups in total. The van der Waals surface area contributed by atoms with Crippen molar-refractivity contribution in [3.8, 4) is 0 Å². The van der Waals surface area contributed by atoms with Gasteiger partial charge in [0.15, 0.2) is 0 Å². The predicted octanol–water partition coefficient (Wildman–Crippen LogP) is 2.50. The Morgan fingerprint density at radius 3 is 2.47 bits per heavy atom. The van der Waals surface area contributed by atoms with Crippen molar-refractivity contribution >= 4 is 0 Å². The van der Waals surface area contributed by atoms with Gasteiger partial charge in [-0.3, -0.25) is 0 Å². The summed E-state index contributed by atoms with van der Waals surface area (Å²) in [6.07, 6.45) is -4.00. The third-order valence-corrected chi connectivity index (χ3v) is 2.33. The number of hydroxylamine groups is 2. The van der Waals surface area contributed by atoms with Crippen LogP contribution in [0.3, 0.4) is 0 Å². The highest BCUT2D eigenvalue weighted by Gasteiger charge is 2.34. The Bertz CT molecular complexity index is 351. The molecule has 0 saturated heterocycles. The van der Waals surface area contributed by atoms with Crippen LogP contribution in [0.1, 0.15) is 11.1 Å². The molecule has 0 unspecified atom stereocenters. The van der Waals surface area contributed by atoms with Gasteiger partial charge in [-0.05, 0) is 17.5 Å². The lowest BCUT2D eigenvalue weighted by Crippen LogP contribution is -2.35. The van der Waals surface area contributed by atoms with Gasteiger partial charge in [-0.1, -0.05) is 24.3 Å². The monoisotopic (exact) mass is 217 g/mol. The van der Waals surface area contributed by atoms with Gasteiger partial charge in [0.1, 0.15) is 0 Å². The molecule has 1 aliphatic heterocycles. The summed E-state index contributed by atoms with van der Waals surface area (Å²) in [4.78, 5) is 3.87. The molecule has 82 valence electrons. The van der Waals surface area contributed by atoms with E-state index < -0.39 is 6.36 Å². The van der Waals surface area contributed by atoms with Gasteiger partial charge in [0.05, 0.1) is 0 Å². The summed E-state index contributed by atoms with van der Waals surface area (Å²) in [6, 6.07) is 7.45. The molecule has 0 fully saturated rings. The minimum absolute atomic E-state index is 0.190. The summed E-state index contributed by atoms with van der Waals surface area (Å²) in [5.74, 6) is 0. The van der Waals surface area contributed by atoms with Crippen molar-refractivity contribution in [2.24, 2.45) is 0 Å². The van der Waals surface area contributed by atoms with Gasteiger partial charge in [-0.2, -0.15) is 9.90 Å². The van der Waals surface area contributed by atoms with Crippen LogP contribution >= 0.6 is 0 Å². The molecule has 1 aliphatic rings. The Kier molecular flexibility index (Phi) is 2.67. The number of nitrogens with zero attached hydrogens (tertiary/aromatic N) is 1. The van der Waals surface area contributed by atoms with Gasteiger partial charge in [-0.15, -0.1) is 13.2 Å². The van der Waals surface area contributed by atoms with Gasteiger partial charge in [0, 0.05) is 13.1 Å². The zero-order valence-corrected chi connectivity index (χ0v) is 7.92. The highest BCUT2D eigenvalue weighted by Crippen LogP contribution is 2.24. The third-order valence-electron chi connectivity index (χ3n) is 2.33. The van der Waals surface area contributed by atoms with E-state index in [0.29, 0.717) is 6.42 Å². The molecule has 0 atom stereocenters. The zero-order chi connectivity index (χ0) is 10.9. The maximum atomic E-state index is 12.0. The van der Waals surface area contributed by atoms with E-state index in [2.05, 4.69) is 4.84 Å². The topological polar surface area (TPSA) is 12.5 Å². The van der Waals surface area contributed by atoms with Crippen LogP contribution in [0, 0.1) is 0 Å². The van der Waals surface area contributed by atoms with E-state index in [1.54, 1.807) is 0 Å². The SMILES string of the molecule is FC(F)(F)ON1CCc2ccccc2C1. The van der Waals surface area contributed by atoms with Crippen molar-refractivity contribution < 1.29 is 18.0 Å². The van der Waals surface area contributed by atoms with Gasteiger partial charge in [-0.25, -0.2) is 0 Å². The Hall–Kier alpha value is -1.07. The molecule has 5 heteroatoms. The summed E-state index contributed by atoms with van der Waals surface area (Å²) in [7, 11) is 0. The summed E-state index contributed by atoms with van der Waals surface area (Å²) in [5.41, 5.74) is 1.99. The van der Waals surface area contributed by atoms with Gasteiger partial charge >= 0.3 is 6.36 Å². The highest BCUT2D eigenvalue weighted by molar-refractivity contribution is 5.28. The van der Waals surface area contributed by atoms with E-state index in [0.717, 1.165) is 16.2 Å². The molecule has 0 bridgehead atoms. The fraction of sp³-hybridized carbons (Fsp3) is 0.400. The predicted molar refractivity (Wildman–Crippen MR) is 47.7 cm³/mol. The van der Waals surface area contributed by atoms with Crippen LogP contribution in [0.5, 0.6) is 0 Å². The third kappa shape index (κ3) is 2.70. The Morgan fingerprint density at radius 2 is 1.80 bits per heavy atom. The first-order valence-corrected chi connectivity index (χ1v) is 4.62. The van der Waals surface area contributed by atoms with E-state index in [-0.39, 0.29) is 13.1 Å². The van der Waals surface area contributed by atoms with Crippen LogP contribution in [0.25, 0.3) is 0 Å². The lowest BCUT2D eigenvalue weighted by molar-refractivity contribution is -0.417. The van der Waals surface area contributed by atoms with Crippen LogP contribution < -0.4 is 0 Å². The quantitative estimate of drug-likeness (QED) is 0.716. The van der Waals surface area contributed by atoms with Crippen LogP contribution in [0.4, 0.5) is 13.2 Å². The summed E-state index contributed by atoms with van der Waals surface area (Å²) >= 11 is 0. The normalized spacial score (nSPS) is 17.5. The first kappa shape index (κ1) is 10.4. The first-order chi connectivity index (χ1) is 7.04. The smallest absolute Gasteiger partial charge is 0.200 e. The average molecular weight is 217 g/mol. The number of benzene rings is 1. The van der Waals surface area contributed by atoms with E-state index in [1.165, 1.54) is 0 Å². The Morgan fingerprint density at radius 1 is 1.13 bits per heavy atom. The number of hydrogen-bond acceptors (Lipinski definition) is 2. The Balaban J connectivity index is 2.06. The molecular weight excluding hydrogens is 207 g/mol.